The van der Waals surface area contributed by atoms with E-state index in [1.807, 2.05) is 0 Å². The predicted molar refractivity (Wildman–Crippen MR) is 94.7 cm³/mol. The highest BCUT2D eigenvalue weighted by atomic mass is 35.5. The molecule has 6 heteroatoms. The van der Waals surface area contributed by atoms with E-state index in [0.717, 1.165) is 0 Å². The summed E-state index contributed by atoms with van der Waals surface area (Å²) in [6.07, 6.45) is 1.61. The van der Waals surface area contributed by atoms with E-state index in [-0.39, 0.29) is 29.6 Å². The lowest BCUT2D eigenvalue weighted by molar-refractivity contribution is -0.672. The van der Waals surface area contributed by atoms with Crippen molar-refractivity contribution in [2.24, 2.45) is 7.05 Å². The van der Waals surface area contributed by atoms with Gasteiger partial charge < -0.3 is 0 Å². The van der Waals surface area contributed by atoms with Crippen molar-refractivity contribution in [1.82, 2.24) is 4.57 Å². The highest BCUT2D eigenvalue weighted by molar-refractivity contribution is 6.30. The van der Waals surface area contributed by atoms with Gasteiger partial charge in [0.05, 0.1) is 7.05 Å². The van der Waals surface area contributed by atoms with E-state index in [9.17, 15) is 14.4 Å². The monoisotopic (exact) mass is 365 g/mol. The first kappa shape index (κ1) is 16.4. The maximum absolute atomic E-state index is 12.9. The summed E-state index contributed by atoms with van der Waals surface area (Å²) in [6.45, 7) is -0.0357. The number of carbonyl (C=O) groups excluding carboxylic acids is 3. The molecule has 0 saturated heterocycles. The van der Waals surface area contributed by atoms with E-state index < -0.39 is 0 Å². The second kappa shape index (κ2) is 6.04. The molecule has 0 fully saturated rings. The third-order valence-electron chi connectivity index (χ3n) is 4.50. The van der Waals surface area contributed by atoms with Crippen LogP contribution in [0.3, 0.4) is 0 Å². The van der Waals surface area contributed by atoms with Gasteiger partial charge in [0.2, 0.25) is 35.1 Å². The number of hydrogen-bond acceptors (Lipinski definition) is 3. The fourth-order valence-electron chi connectivity index (χ4n) is 3.27. The Morgan fingerprint density at radius 3 is 2.27 bits per heavy atom. The number of aryl methyl sites for hydroxylation is 1. The van der Waals surface area contributed by atoms with Crippen LogP contribution in [0.25, 0.3) is 0 Å². The predicted octanol–water partition coefficient (Wildman–Crippen LogP) is 2.62. The van der Waals surface area contributed by atoms with Gasteiger partial charge in [-0.3, -0.25) is 14.4 Å². The van der Waals surface area contributed by atoms with Gasteiger partial charge in [-0.1, -0.05) is 35.9 Å². The molecule has 1 aliphatic carbocycles. The van der Waals surface area contributed by atoms with Crippen LogP contribution in [0.2, 0.25) is 5.02 Å². The van der Waals surface area contributed by atoms with E-state index >= 15 is 0 Å². The maximum Gasteiger partial charge on any atom is 0.245 e. The van der Waals surface area contributed by atoms with Crippen molar-refractivity contribution < 1.29 is 19.0 Å². The van der Waals surface area contributed by atoms with Crippen LogP contribution < -0.4 is 4.57 Å². The van der Waals surface area contributed by atoms with Crippen LogP contribution in [0.5, 0.6) is 0 Å². The second-order valence-corrected chi connectivity index (χ2v) is 6.62. The zero-order chi connectivity index (χ0) is 18.4. The number of halogens is 1. The van der Waals surface area contributed by atoms with Crippen LogP contribution in [-0.2, 0) is 13.6 Å². The highest BCUT2D eigenvalue weighted by Crippen LogP contribution is 2.25. The molecule has 4 rings (SSSR count). The Hall–Kier alpha value is -3.05. The summed E-state index contributed by atoms with van der Waals surface area (Å²) < 4.78 is 3.14. The summed E-state index contributed by atoms with van der Waals surface area (Å²) in [7, 11) is 1.70. The SMILES string of the molecule is C[n+]1cn(CC(=O)c2ccc(Cl)cc2)c2c1C(=O)c1ccccc1C2=O. The lowest BCUT2D eigenvalue weighted by atomic mass is 9.90. The van der Waals surface area contributed by atoms with Gasteiger partial charge in [0.25, 0.3) is 0 Å². The molecule has 0 radical (unpaired) electrons. The number of fused-ring (bicyclic) bond motifs is 2. The Labute approximate surface area is 154 Å². The minimum atomic E-state index is -0.250. The molecule has 128 valence electrons. The molecular formula is C20H14ClN2O3+. The number of ketones is 3. The molecule has 0 aliphatic heterocycles. The molecular weight excluding hydrogens is 352 g/mol. The molecule has 0 atom stereocenters. The van der Waals surface area contributed by atoms with E-state index in [2.05, 4.69) is 0 Å². The Kier molecular flexibility index (Phi) is 3.81. The van der Waals surface area contributed by atoms with E-state index in [4.69, 9.17) is 11.6 Å². The number of carbonyl (C=O) groups is 3. The molecule has 0 N–H and O–H groups in total. The third kappa shape index (κ3) is 2.48. The second-order valence-electron chi connectivity index (χ2n) is 6.19. The summed E-state index contributed by atoms with van der Waals surface area (Å²) >= 11 is 5.86. The van der Waals surface area contributed by atoms with Gasteiger partial charge in [0.1, 0.15) is 0 Å². The Balaban J connectivity index is 1.76. The van der Waals surface area contributed by atoms with Crippen molar-refractivity contribution in [3.05, 3.63) is 88.0 Å². The molecule has 0 spiro atoms. The number of Topliss-reactive ketones (excluding diaryl/α,β-unsaturated/α-hetero) is 1. The molecule has 5 nitrogen and oxygen atoms in total. The topological polar surface area (TPSA) is 60.0 Å². The Morgan fingerprint density at radius 2 is 1.62 bits per heavy atom. The lowest BCUT2D eigenvalue weighted by Crippen LogP contribution is -2.36. The maximum atomic E-state index is 12.9. The summed E-state index contributed by atoms with van der Waals surface area (Å²) in [5.41, 5.74) is 1.80. The number of rotatable bonds is 3. The summed E-state index contributed by atoms with van der Waals surface area (Å²) in [5.74, 6) is -0.630. The lowest BCUT2D eigenvalue weighted by Gasteiger charge is -2.12. The van der Waals surface area contributed by atoms with Gasteiger partial charge in [-0.05, 0) is 24.3 Å². The van der Waals surface area contributed by atoms with Crippen LogP contribution in [-0.4, -0.2) is 21.9 Å². The van der Waals surface area contributed by atoms with Crippen molar-refractivity contribution in [3.8, 4) is 0 Å². The summed E-state index contributed by atoms with van der Waals surface area (Å²) in [6, 6.07) is 13.3. The smallest absolute Gasteiger partial charge is 0.245 e. The van der Waals surface area contributed by atoms with Crippen LogP contribution in [0.4, 0.5) is 0 Å². The molecule has 0 unspecified atom stereocenters. The van der Waals surface area contributed by atoms with Crippen molar-refractivity contribution >= 4 is 29.0 Å². The van der Waals surface area contributed by atoms with Crippen LogP contribution >= 0.6 is 11.6 Å². The molecule has 2 aromatic carbocycles. The summed E-state index contributed by atoms with van der Waals surface area (Å²) in [4.78, 5) is 38.3. The minimum absolute atomic E-state index is 0.0357. The zero-order valence-corrected chi connectivity index (χ0v) is 14.7. The van der Waals surface area contributed by atoms with E-state index in [0.29, 0.717) is 27.4 Å². The van der Waals surface area contributed by atoms with Gasteiger partial charge >= 0.3 is 0 Å². The number of hydrogen-bond donors (Lipinski definition) is 0. The van der Waals surface area contributed by atoms with Gasteiger partial charge in [-0.25, -0.2) is 9.13 Å². The molecule has 26 heavy (non-hydrogen) atoms. The molecule has 1 heterocycles. The first-order chi connectivity index (χ1) is 12.5. The normalized spacial score (nSPS) is 12.7. The molecule has 0 amide bonds. The average Bonchev–Trinajstić information content (AvgIpc) is 2.96. The zero-order valence-electron chi connectivity index (χ0n) is 13.9. The van der Waals surface area contributed by atoms with Gasteiger partial charge in [-0.2, -0.15) is 0 Å². The highest BCUT2D eigenvalue weighted by Gasteiger charge is 2.40. The Morgan fingerprint density at radius 1 is 1.00 bits per heavy atom. The fraction of sp³-hybridized carbons (Fsp3) is 0.100. The van der Waals surface area contributed by atoms with E-state index in [1.165, 1.54) is 0 Å². The standard InChI is InChI=1S/C20H14ClN2O3/c1-22-11-23(10-16(24)12-6-8-13(21)9-7-12)18-17(22)19(25)14-4-2-3-5-15(14)20(18)26/h2-9,11H,10H2,1H3/q+1. The van der Waals surface area contributed by atoms with Crippen molar-refractivity contribution in [2.45, 2.75) is 6.54 Å². The minimum Gasteiger partial charge on any atom is -0.290 e. The third-order valence-corrected chi connectivity index (χ3v) is 4.76. The summed E-state index contributed by atoms with van der Waals surface area (Å²) in [5, 5.41) is 0.545. The number of imidazole rings is 1. The fourth-order valence-corrected chi connectivity index (χ4v) is 3.40. The number of aromatic nitrogens is 2. The number of benzene rings is 2. The van der Waals surface area contributed by atoms with Crippen LogP contribution in [0.1, 0.15) is 42.5 Å². The Bertz CT molecular complexity index is 1080. The number of nitrogens with zero attached hydrogens (tertiary/aromatic N) is 2. The largest absolute Gasteiger partial charge is 0.290 e. The van der Waals surface area contributed by atoms with Crippen molar-refractivity contribution in [1.29, 1.82) is 0 Å². The molecule has 0 bridgehead atoms. The van der Waals surface area contributed by atoms with E-state index in [1.54, 1.807) is 71.0 Å². The van der Waals surface area contributed by atoms with Gasteiger partial charge in [0, 0.05) is 21.7 Å². The molecule has 0 saturated carbocycles. The molecule has 1 aliphatic rings. The van der Waals surface area contributed by atoms with Crippen LogP contribution in [0, 0.1) is 0 Å². The van der Waals surface area contributed by atoms with Crippen molar-refractivity contribution in [3.63, 3.8) is 0 Å². The first-order valence-electron chi connectivity index (χ1n) is 8.03. The van der Waals surface area contributed by atoms with Crippen LogP contribution in [0.15, 0.2) is 54.9 Å². The first-order valence-corrected chi connectivity index (χ1v) is 8.41. The molecule has 3 aromatic rings. The molecule has 1 aromatic heterocycles. The van der Waals surface area contributed by atoms with Crippen molar-refractivity contribution in [2.75, 3.05) is 0 Å². The average molecular weight is 366 g/mol. The van der Waals surface area contributed by atoms with Gasteiger partial charge in [-0.15, -0.1) is 0 Å². The quantitative estimate of drug-likeness (QED) is 0.414. The van der Waals surface area contributed by atoms with Gasteiger partial charge in [0.15, 0.2) is 6.54 Å².